The fourth-order valence-corrected chi connectivity index (χ4v) is 3.63. The summed E-state index contributed by atoms with van der Waals surface area (Å²) >= 11 is 0. The van der Waals surface area contributed by atoms with Crippen LogP contribution in [0.2, 0.25) is 0 Å². The smallest absolute Gasteiger partial charge is 1.00 e. The van der Waals surface area contributed by atoms with Gasteiger partial charge >= 0.3 is 23.1 Å². The molecule has 0 radical (unpaired) electrons. The molecular formula is C24H49ClMg. The van der Waals surface area contributed by atoms with Crippen molar-refractivity contribution >= 4 is 23.1 Å². The first-order chi connectivity index (χ1) is 11.8. The van der Waals surface area contributed by atoms with E-state index in [2.05, 4.69) is 20.8 Å². The Morgan fingerprint density at radius 1 is 0.462 bits per heavy atom. The summed E-state index contributed by atoms with van der Waals surface area (Å²) in [5.74, 6) is 0.721. The molecule has 0 rings (SSSR count). The third-order valence-electron chi connectivity index (χ3n) is 5.43. The Balaban J connectivity index is -0.00000264. The molecule has 0 unspecified atom stereocenters. The second-order valence-electron chi connectivity index (χ2n) is 8.10. The Morgan fingerprint density at radius 2 is 0.692 bits per heavy atom. The minimum Gasteiger partial charge on any atom is -1.00 e. The maximum absolute atomic E-state index is 4.37. The molecule has 0 bridgehead atoms. The minimum absolute atomic E-state index is 0. The van der Waals surface area contributed by atoms with Gasteiger partial charge in [-0.1, -0.05) is 142 Å². The van der Waals surface area contributed by atoms with E-state index in [9.17, 15) is 0 Å². The van der Waals surface area contributed by atoms with Crippen molar-refractivity contribution in [2.75, 3.05) is 0 Å². The van der Waals surface area contributed by atoms with Gasteiger partial charge in [0.05, 0.1) is 0 Å². The summed E-state index contributed by atoms with van der Waals surface area (Å²) in [5, 5.41) is 0. The van der Waals surface area contributed by atoms with Gasteiger partial charge in [0, 0.05) is 0 Å². The standard InChI is InChI=1S/C24H49.ClH.Mg/c1-4-6-8-10-12-14-16-18-20-22-24(3)23-21-19-17-15-13-11-9-7-5-2;;/h24H,3-23H2,1-2H3;1H;/q-1;;+2/p-1. The van der Waals surface area contributed by atoms with Crippen molar-refractivity contribution < 1.29 is 12.4 Å². The topological polar surface area (TPSA) is 0 Å². The Bertz CT molecular complexity index is 198. The molecule has 154 valence electrons. The monoisotopic (exact) mass is 396 g/mol. The van der Waals surface area contributed by atoms with Crippen LogP contribution >= 0.6 is 0 Å². The normalized spacial score (nSPS) is 10.6. The predicted octanol–water partition coefficient (Wildman–Crippen LogP) is 5.90. The third-order valence-corrected chi connectivity index (χ3v) is 5.43. The Kier molecular flexibility index (Phi) is 34.5. The summed E-state index contributed by atoms with van der Waals surface area (Å²) in [7, 11) is 0. The summed E-state index contributed by atoms with van der Waals surface area (Å²) in [4.78, 5) is 0. The molecule has 0 N–H and O–H groups in total. The maximum Gasteiger partial charge on any atom is 2.00 e. The fraction of sp³-hybridized carbons (Fsp3) is 0.958. The largest absolute Gasteiger partial charge is 2.00 e. The van der Waals surface area contributed by atoms with Crippen molar-refractivity contribution in [1.82, 2.24) is 0 Å². The molecule has 0 heterocycles. The van der Waals surface area contributed by atoms with Crippen LogP contribution in [0.3, 0.4) is 0 Å². The van der Waals surface area contributed by atoms with Crippen LogP contribution in [0.1, 0.15) is 142 Å². The van der Waals surface area contributed by atoms with Gasteiger partial charge in [-0.2, -0.15) is 5.92 Å². The van der Waals surface area contributed by atoms with Crippen LogP contribution in [0.25, 0.3) is 0 Å². The third kappa shape index (κ3) is 27.3. The Labute approximate surface area is 190 Å². The molecule has 0 aliphatic rings. The van der Waals surface area contributed by atoms with Crippen molar-refractivity contribution in [2.45, 2.75) is 142 Å². The summed E-state index contributed by atoms with van der Waals surface area (Å²) in [6.07, 6.45) is 28.6. The molecule has 0 amide bonds. The molecule has 26 heavy (non-hydrogen) atoms. The van der Waals surface area contributed by atoms with Gasteiger partial charge in [-0.3, -0.25) is 0 Å². The molecule has 0 aliphatic heterocycles. The molecule has 0 aromatic carbocycles. The number of hydrogen-bond acceptors (Lipinski definition) is 0. The molecule has 0 aromatic heterocycles. The van der Waals surface area contributed by atoms with E-state index in [0.29, 0.717) is 0 Å². The number of hydrogen-bond donors (Lipinski definition) is 0. The van der Waals surface area contributed by atoms with Crippen LogP contribution in [-0.2, 0) is 0 Å². The zero-order valence-corrected chi connectivity index (χ0v) is 20.7. The zero-order chi connectivity index (χ0) is 17.7. The van der Waals surface area contributed by atoms with Crippen molar-refractivity contribution in [3.05, 3.63) is 6.92 Å². The molecule has 0 saturated heterocycles. The second kappa shape index (κ2) is 28.3. The molecule has 0 saturated carbocycles. The molecule has 0 aromatic rings. The van der Waals surface area contributed by atoms with Crippen molar-refractivity contribution in [3.63, 3.8) is 0 Å². The van der Waals surface area contributed by atoms with Gasteiger partial charge in [0.15, 0.2) is 0 Å². The van der Waals surface area contributed by atoms with Gasteiger partial charge in [-0.25, -0.2) is 0 Å². The van der Waals surface area contributed by atoms with Crippen LogP contribution < -0.4 is 12.4 Å². The van der Waals surface area contributed by atoms with Crippen molar-refractivity contribution in [3.8, 4) is 0 Å². The zero-order valence-electron chi connectivity index (χ0n) is 18.5. The summed E-state index contributed by atoms with van der Waals surface area (Å²) in [5.41, 5.74) is 0. The van der Waals surface area contributed by atoms with E-state index in [4.69, 9.17) is 0 Å². The van der Waals surface area contributed by atoms with Gasteiger partial charge in [-0.15, -0.1) is 0 Å². The van der Waals surface area contributed by atoms with Gasteiger partial charge in [0.1, 0.15) is 0 Å². The van der Waals surface area contributed by atoms with Crippen molar-refractivity contribution in [1.29, 1.82) is 0 Å². The first-order valence-corrected chi connectivity index (χ1v) is 11.6. The van der Waals surface area contributed by atoms with Gasteiger partial charge in [-0.05, 0) is 0 Å². The van der Waals surface area contributed by atoms with E-state index in [0.717, 1.165) is 5.92 Å². The fourth-order valence-electron chi connectivity index (χ4n) is 3.63. The number of rotatable bonds is 20. The molecule has 0 fully saturated rings. The van der Waals surface area contributed by atoms with E-state index >= 15 is 0 Å². The molecule has 0 nitrogen and oxygen atoms in total. The first kappa shape index (κ1) is 31.7. The number of unbranched alkanes of at least 4 members (excludes halogenated alkanes) is 16. The molecular weight excluding hydrogens is 348 g/mol. The first-order valence-electron chi connectivity index (χ1n) is 11.6. The quantitative estimate of drug-likeness (QED) is 0.136. The molecule has 0 atom stereocenters. The van der Waals surface area contributed by atoms with Crippen molar-refractivity contribution in [2.24, 2.45) is 5.92 Å². The average Bonchev–Trinajstić information content (AvgIpc) is 2.59. The maximum atomic E-state index is 4.37. The SMILES string of the molecule is [CH2-]C(CCCCCCCCCCC)CCCCCCCCCCC.[Cl-].[Mg+2]. The van der Waals surface area contributed by atoms with E-state index in [1.165, 1.54) is 128 Å². The Hall–Kier alpha value is 1.06. The van der Waals surface area contributed by atoms with Crippen LogP contribution in [0.5, 0.6) is 0 Å². The van der Waals surface area contributed by atoms with E-state index in [-0.39, 0.29) is 35.5 Å². The summed E-state index contributed by atoms with van der Waals surface area (Å²) in [6, 6.07) is 0. The Morgan fingerprint density at radius 3 is 0.962 bits per heavy atom. The van der Waals surface area contributed by atoms with Crippen LogP contribution in [0.15, 0.2) is 0 Å². The van der Waals surface area contributed by atoms with E-state index in [1.54, 1.807) is 0 Å². The van der Waals surface area contributed by atoms with Crippen LogP contribution in [-0.4, -0.2) is 23.1 Å². The van der Waals surface area contributed by atoms with Gasteiger partial charge in [0.25, 0.3) is 0 Å². The molecule has 2 heteroatoms. The molecule has 0 aliphatic carbocycles. The van der Waals surface area contributed by atoms with Crippen LogP contribution in [0, 0.1) is 12.8 Å². The van der Waals surface area contributed by atoms with E-state index in [1.807, 2.05) is 0 Å². The minimum atomic E-state index is 0. The average molecular weight is 397 g/mol. The van der Waals surface area contributed by atoms with Gasteiger partial charge in [0.2, 0.25) is 0 Å². The number of halogens is 1. The summed E-state index contributed by atoms with van der Waals surface area (Å²) in [6.45, 7) is 8.96. The predicted molar refractivity (Wildman–Crippen MR) is 118 cm³/mol. The second-order valence-corrected chi connectivity index (χ2v) is 8.10. The molecule has 0 spiro atoms. The van der Waals surface area contributed by atoms with Gasteiger partial charge < -0.3 is 19.3 Å². The summed E-state index contributed by atoms with van der Waals surface area (Å²) < 4.78 is 0. The van der Waals surface area contributed by atoms with Crippen LogP contribution in [0.4, 0.5) is 0 Å². The van der Waals surface area contributed by atoms with E-state index < -0.39 is 0 Å².